The number of nitrogens with one attached hydrogen (secondary N) is 2. The lowest BCUT2D eigenvalue weighted by atomic mass is 9.94. The Morgan fingerprint density at radius 2 is 1.86 bits per heavy atom. The van der Waals surface area contributed by atoms with Gasteiger partial charge in [0.2, 0.25) is 5.91 Å². The highest BCUT2D eigenvalue weighted by atomic mass is 32.2. The molecule has 1 fully saturated rings. The third kappa shape index (κ3) is 7.94. The summed E-state index contributed by atoms with van der Waals surface area (Å²) in [5.41, 5.74) is 3.93. The Kier molecular flexibility index (Phi) is 9.76. The number of aliphatic hydroxyl groups is 1. The van der Waals surface area contributed by atoms with Gasteiger partial charge in [-0.1, -0.05) is 32.9 Å². The number of aryl methyl sites for hydroxylation is 1. The minimum absolute atomic E-state index is 0.0773. The van der Waals surface area contributed by atoms with E-state index >= 15 is 0 Å². The van der Waals surface area contributed by atoms with Gasteiger partial charge in [0.05, 0.1) is 11.0 Å². The maximum Gasteiger partial charge on any atom is 0.294 e. The lowest BCUT2D eigenvalue weighted by Gasteiger charge is -2.37. The van der Waals surface area contributed by atoms with Crippen molar-refractivity contribution in [3.8, 4) is 0 Å². The van der Waals surface area contributed by atoms with E-state index in [-0.39, 0.29) is 10.8 Å². The minimum atomic E-state index is -4.29. The van der Waals surface area contributed by atoms with Crippen molar-refractivity contribution in [2.75, 3.05) is 36.4 Å². The van der Waals surface area contributed by atoms with Crippen LogP contribution in [0, 0.1) is 11.8 Å². The molecule has 198 valence electrons. The van der Waals surface area contributed by atoms with E-state index in [1.807, 2.05) is 0 Å². The fourth-order valence-corrected chi connectivity index (χ4v) is 4.94. The molecule has 0 bridgehead atoms. The fourth-order valence-electron chi connectivity index (χ4n) is 4.42. The molecule has 0 spiro atoms. The van der Waals surface area contributed by atoms with Crippen LogP contribution < -0.4 is 15.5 Å². The standard InChI is InChI=1S/C15H20N2O5S.C12H19N/c18-14-5-6-17(9-10-1-4-15(19)16-8-10)13-3-2-11(7-12(13)14)23(20,21)22;1-4-11-5-7-12(8-6-11)13-9-10(2)3/h2-3,7,10,14,18H,1,4-6,8-9H2,(H,16,19)(H,20,21,22);5-8,10,13H,4,9H2,1-3H3. The van der Waals surface area contributed by atoms with E-state index in [4.69, 9.17) is 4.55 Å². The normalized spacial score (nSPS) is 19.7. The highest BCUT2D eigenvalue weighted by molar-refractivity contribution is 7.85. The Hall–Kier alpha value is -2.62. The molecule has 0 radical (unpaired) electrons. The Labute approximate surface area is 214 Å². The summed E-state index contributed by atoms with van der Waals surface area (Å²) in [6.07, 6.45) is 2.22. The van der Waals surface area contributed by atoms with E-state index in [0.717, 1.165) is 31.6 Å². The summed E-state index contributed by atoms with van der Waals surface area (Å²) in [5, 5.41) is 16.4. The first-order chi connectivity index (χ1) is 17.1. The van der Waals surface area contributed by atoms with E-state index in [2.05, 4.69) is 60.6 Å². The van der Waals surface area contributed by atoms with Crippen LogP contribution in [-0.4, -0.2) is 50.2 Å². The first-order valence-electron chi connectivity index (χ1n) is 12.7. The van der Waals surface area contributed by atoms with Crippen molar-refractivity contribution in [1.29, 1.82) is 0 Å². The number of amides is 1. The summed E-state index contributed by atoms with van der Waals surface area (Å²) in [6.45, 7) is 9.70. The molecule has 9 heteroatoms. The summed E-state index contributed by atoms with van der Waals surface area (Å²) >= 11 is 0. The van der Waals surface area contributed by atoms with Crippen LogP contribution in [-0.2, 0) is 21.3 Å². The van der Waals surface area contributed by atoms with Gasteiger partial charge in [-0.25, -0.2) is 0 Å². The zero-order chi connectivity index (χ0) is 26.3. The Balaban J connectivity index is 0.000000236. The number of hydrogen-bond donors (Lipinski definition) is 4. The number of fused-ring (bicyclic) bond motifs is 1. The van der Waals surface area contributed by atoms with Gasteiger partial charge in [-0.3, -0.25) is 9.35 Å². The fraction of sp³-hybridized carbons (Fsp3) is 0.519. The smallest absolute Gasteiger partial charge is 0.294 e. The molecule has 2 aliphatic heterocycles. The number of piperidine rings is 1. The van der Waals surface area contributed by atoms with Gasteiger partial charge in [0.1, 0.15) is 0 Å². The molecule has 1 saturated heterocycles. The van der Waals surface area contributed by atoms with Crippen molar-refractivity contribution in [3.63, 3.8) is 0 Å². The number of nitrogens with zero attached hydrogens (tertiary/aromatic N) is 1. The van der Waals surface area contributed by atoms with Crippen LogP contribution in [0.4, 0.5) is 11.4 Å². The number of carbonyl (C=O) groups excluding carboxylic acids is 1. The molecular weight excluding hydrogens is 478 g/mol. The van der Waals surface area contributed by atoms with Crippen LogP contribution in [0.25, 0.3) is 0 Å². The van der Waals surface area contributed by atoms with Crippen molar-refractivity contribution >= 4 is 27.4 Å². The van der Waals surface area contributed by atoms with E-state index in [0.29, 0.717) is 43.3 Å². The number of rotatable bonds is 7. The minimum Gasteiger partial charge on any atom is -0.388 e. The van der Waals surface area contributed by atoms with E-state index in [1.54, 1.807) is 6.07 Å². The predicted octanol–water partition coefficient (Wildman–Crippen LogP) is 4.02. The SMILES string of the molecule is CCc1ccc(NCC(C)C)cc1.O=C1CCC(CN2CCC(O)c3cc(S(=O)(=O)O)ccc32)CN1. The van der Waals surface area contributed by atoms with Gasteiger partial charge in [-0.05, 0) is 67.0 Å². The predicted molar refractivity (Wildman–Crippen MR) is 143 cm³/mol. The molecule has 2 aromatic rings. The number of aliphatic hydroxyl groups excluding tert-OH is 1. The van der Waals surface area contributed by atoms with Crippen LogP contribution in [0.1, 0.15) is 57.3 Å². The van der Waals surface area contributed by atoms with Crippen molar-refractivity contribution in [3.05, 3.63) is 53.6 Å². The molecule has 2 aliphatic rings. The van der Waals surface area contributed by atoms with Crippen LogP contribution in [0.3, 0.4) is 0 Å². The van der Waals surface area contributed by atoms with Gasteiger partial charge in [0, 0.05) is 49.5 Å². The van der Waals surface area contributed by atoms with Gasteiger partial charge >= 0.3 is 0 Å². The monoisotopic (exact) mass is 517 g/mol. The van der Waals surface area contributed by atoms with Gasteiger partial charge in [-0.15, -0.1) is 0 Å². The zero-order valence-corrected chi connectivity index (χ0v) is 22.2. The molecule has 0 saturated carbocycles. The molecule has 2 heterocycles. The van der Waals surface area contributed by atoms with Crippen molar-refractivity contribution < 1.29 is 22.9 Å². The average molecular weight is 518 g/mol. The van der Waals surface area contributed by atoms with E-state index < -0.39 is 16.2 Å². The maximum atomic E-state index is 11.3. The summed E-state index contributed by atoms with van der Waals surface area (Å²) in [7, 11) is -4.29. The number of carbonyl (C=O) groups is 1. The first-order valence-corrected chi connectivity index (χ1v) is 14.1. The second-order valence-corrected chi connectivity index (χ2v) is 11.4. The van der Waals surface area contributed by atoms with E-state index in [9.17, 15) is 18.3 Å². The lowest BCUT2D eigenvalue weighted by Crippen LogP contribution is -2.42. The number of anilines is 2. The molecule has 36 heavy (non-hydrogen) atoms. The highest BCUT2D eigenvalue weighted by Gasteiger charge is 2.28. The maximum absolute atomic E-state index is 11.3. The summed E-state index contributed by atoms with van der Waals surface area (Å²) in [5.74, 6) is 1.11. The molecule has 1 amide bonds. The second-order valence-electron chi connectivity index (χ2n) is 9.98. The van der Waals surface area contributed by atoms with Gasteiger partial charge in [0.25, 0.3) is 10.1 Å². The third-order valence-electron chi connectivity index (χ3n) is 6.59. The molecule has 4 N–H and O–H groups in total. The van der Waals surface area contributed by atoms with Crippen LogP contribution in [0.2, 0.25) is 0 Å². The Morgan fingerprint density at radius 1 is 1.14 bits per heavy atom. The van der Waals surface area contributed by atoms with Crippen LogP contribution in [0.15, 0.2) is 47.4 Å². The molecule has 0 aliphatic carbocycles. The van der Waals surface area contributed by atoms with Crippen LogP contribution in [0.5, 0.6) is 0 Å². The zero-order valence-electron chi connectivity index (χ0n) is 21.4. The molecule has 8 nitrogen and oxygen atoms in total. The summed E-state index contributed by atoms with van der Waals surface area (Å²) in [6, 6.07) is 13.0. The summed E-state index contributed by atoms with van der Waals surface area (Å²) in [4.78, 5) is 13.1. The third-order valence-corrected chi connectivity index (χ3v) is 7.44. The highest BCUT2D eigenvalue weighted by Crippen LogP contribution is 2.36. The molecule has 2 atom stereocenters. The van der Waals surface area contributed by atoms with Gasteiger partial charge < -0.3 is 20.6 Å². The summed E-state index contributed by atoms with van der Waals surface area (Å²) < 4.78 is 31.7. The van der Waals surface area contributed by atoms with Gasteiger partial charge in [-0.2, -0.15) is 8.42 Å². The quantitative estimate of drug-likeness (QED) is 0.410. The van der Waals surface area contributed by atoms with Gasteiger partial charge in [0.15, 0.2) is 0 Å². The largest absolute Gasteiger partial charge is 0.388 e. The molecule has 0 aromatic heterocycles. The number of hydrogen-bond acceptors (Lipinski definition) is 6. The van der Waals surface area contributed by atoms with Crippen LogP contribution >= 0.6 is 0 Å². The number of benzene rings is 2. The lowest BCUT2D eigenvalue weighted by molar-refractivity contribution is -0.122. The topological polar surface area (TPSA) is 119 Å². The van der Waals surface area contributed by atoms with E-state index in [1.165, 1.54) is 23.4 Å². The second kappa shape index (κ2) is 12.6. The van der Waals surface area contributed by atoms with Crippen molar-refractivity contribution in [2.45, 2.75) is 57.5 Å². The Morgan fingerprint density at radius 3 is 2.44 bits per heavy atom. The molecular formula is C27H39N3O5S. The Bertz CT molecular complexity index is 1110. The van der Waals surface area contributed by atoms with Crippen molar-refractivity contribution in [2.24, 2.45) is 11.8 Å². The first kappa shape index (κ1) is 28.0. The molecule has 4 rings (SSSR count). The molecule has 2 unspecified atom stereocenters. The average Bonchev–Trinajstić information content (AvgIpc) is 2.86. The van der Waals surface area contributed by atoms with Crippen molar-refractivity contribution in [1.82, 2.24) is 5.32 Å². The molecule has 2 aromatic carbocycles.